The SMILES string of the molecule is CCOc1ccc(NC(C)C(C)C)cn1. The average Bonchev–Trinajstić information content (AvgIpc) is 2.21. The number of hydrogen-bond acceptors (Lipinski definition) is 3. The summed E-state index contributed by atoms with van der Waals surface area (Å²) in [5.41, 5.74) is 1.04. The molecule has 0 aliphatic rings. The topological polar surface area (TPSA) is 34.1 Å². The van der Waals surface area contributed by atoms with E-state index in [1.807, 2.05) is 25.3 Å². The van der Waals surface area contributed by atoms with Gasteiger partial charge in [0.25, 0.3) is 0 Å². The van der Waals surface area contributed by atoms with Crippen LogP contribution in [0.2, 0.25) is 0 Å². The lowest BCUT2D eigenvalue weighted by Gasteiger charge is -2.18. The Kier molecular flexibility index (Phi) is 4.40. The van der Waals surface area contributed by atoms with Crippen LogP contribution < -0.4 is 10.1 Å². The Bertz CT molecular complexity index is 282. The summed E-state index contributed by atoms with van der Waals surface area (Å²) in [6, 6.07) is 4.33. The van der Waals surface area contributed by atoms with Crippen molar-refractivity contribution in [3.05, 3.63) is 18.3 Å². The molecule has 0 aliphatic heterocycles. The Balaban J connectivity index is 2.56. The average molecular weight is 208 g/mol. The van der Waals surface area contributed by atoms with Gasteiger partial charge in [0.05, 0.1) is 18.5 Å². The maximum absolute atomic E-state index is 5.27. The van der Waals surface area contributed by atoms with Crippen molar-refractivity contribution in [2.75, 3.05) is 11.9 Å². The molecule has 1 atom stereocenters. The second-order valence-electron chi connectivity index (χ2n) is 4.00. The second-order valence-corrected chi connectivity index (χ2v) is 4.00. The van der Waals surface area contributed by atoms with E-state index in [0.29, 0.717) is 24.4 Å². The van der Waals surface area contributed by atoms with Crippen LogP contribution in [0.1, 0.15) is 27.7 Å². The minimum atomic E-state index is 0.449. The van der Waals surface area contributed by atoms with Gasteiger partial charge in [0.15, 0.2) is 0 Å². The first-order chi connectivity index (χ1) is 7.13. The Labute approximate surface area is 91.9 Å². The van der Waals surface area contributed by atoms with E-state index in [9.17, 15) is 0 Å². The van der Waals surface area contributed by atoms with E-state index in [4.69, 9.17) is 4.74 Å². The van der Waals surface area contributed by atoms with Crippen molar-refractivity contribution >= 4 is 5.69 Å². The van der Waals surface area contributed by atoms with Crippen LogP contribution in [0, 0.1) is 5.92 Å². The van der Waals surface area contributed by atoms with Gasteiger partial charge in [-0.2, -0.15) is 0 Å². The fraction of sp³-hybridized carbons (Fsp3) is 0.583. The third-order valence-electron chi connectivity index (χ3n) is 2.42. The van der Waals surface area contributed by atoms with Crippen LogP contribution in [0.3, 0.4) is 0 Å². The van der Waals surface area contributed by atoms with E-state index in [1.165, 1.54) is 0 Å². The number of pyridine rings is 1. The molecule has 0 aliphatic carbocycles. The minimum absolute atomic E-state index is 0.449. The minimum Gasteiger partial charge on any atom is -0.478 e. The van der Waals surface area contributed by atoms with Gasteiger partial charge in [-0.15, -0.1) is 0 Å². The molecule has 1 aromatic heterocycles. The molecule has 0 fully saturated rings. The molecule has 3 nitrogen and oxygen atoms in total. The molecule has 15 heavy (non-hydrogen) atoms. The lowest BCUT2D eigenvalue weighted by molar-refractivity contribution is 0.327. The molecule has 1 unspecified atom stereocenters. The molecule has 3 heteroatoms. The fourth-order valence-electron chi connectivity index (χ4n) is 1.13. The molecule has 0 amide bonds. The Morgan fingerprint density at radius 1 is 1.33 bits per heavy atom. The zero-order chi connectivity index (χ0) is 11.3. The maximum atomic E-state index is 5.27. The van der Waals surface area contributed by atoms with Crippen molar-refractivity contribution in [2.45, 2.75) is 33.7 Å². The van der Waals surface area contributed by atoms with E-state index < -0.39 is 0 Å². The van der Waals surface area contributed by atoms with Gasteiger partial charge in [0, 0.05) is 12.1 Å². The van der Waals surface area contributed by atoms with Crippen molar-refractivity contribution in [3.63, 3.8) is 0 Å². The first-order valence-electron chi connectivity index (χ1n) is 5.49. The first kappa shape index (κ1) is 11.8. The molecule has 0 aromatic carbocycles. The highest BCUT2D eigenvalue weighted by Gasteiger charge is 2.06. The molecular weight excluding hydrogens is 188 g/mol. The molecule has 84 valence electrons. The van der Waals surface area contributed by atoms with E-state index in [0.717, 1.165) is 5.69 Å². The summed E-state index contributed by atoms with van der Waals surface area (Å²) in [5, 5.41) is 3.39. The van der Waals surface area contributed by atoms with Crippen molar-refractivity contribution in [2.24, 2.45) is 5.92 Å². The lowest BCUT2D eigenvalue weighted by atomic mass is 10.1. The zero-order valence-electron chi connectivity index (χ0n) is 9.95. The Morgan fingerprint density at radius 2 is 2.07 bits per heavy atom. The second kappa shape index (κ2) is 5.59. The van der Waals surface area contributed by atoms with Crippen molar-refractivity contribution in [3.8, 4) is 5.88 Å². The Hall–Kier alpha value is -1.25. The Morgan fingerprint density at radius 3 is 2.53 bits per heavy atom. The van der Waals surface area contributed by atoms with Crippen molar-refractivity contribution in [1.82, 2.24) is 4.98 Å². The molecule has 1 rings (SSSR count). The van der Waals surface area contributed by atoms with Crippen LogP contribution in [0.25, 0.3) is 0 Å². The van der Waals surface area contributed by atoms with Gasteiger partial charge in [-0.3, -0.25) is 0 Å². The number of aromatic nitrogens is 1. The van der Waals surface area contributed by atoms with Crippen molar-refractivity contribution in [1.29, 1.82) is 0 Å². The molecule has 1 aromatic rings. The number of anilines is 1. The van der Waals surface area contributed by atoms with E-state index in [1.54, 1.807) is 0 Å². The largest absolute Gasteiger partial charge is 0.478 e. The summed E-state index contributed by atoms with van der Waals surface area (Å²) in [4.78, 5) is 4.20. The molecular formula is C12H20N2O. The molecule has 0 saturated carbocycles. The highest BCUT2D eigenvalue weighted by Crippen LogP contribution is 2.14. The molecule has 0 spiro atoms. The predicted octanol–water partition coefficient (Wildman–Crippen LogP) is 2.94. The highest BCUT2D eigenvalue weighted by molar-refractivity contribution is 5.42. The highest BCUT2D eigenvalue weighted by atomic mass is 16.5. The van der Waals surface area contributed by atoms with Crippen LogP contribution in [-0.4, -0.2) is 17.6 Å². The predicted molar refractivity (Wildman–Crippen MR) is 63.3 cm³/mol. The van der Waals surface area contributed by atoms with Crippen LogP contribution in [0.5, 0.6) is 5.88 Å². The van der Waals surface area contributed by atoms with Gasteiger partial charge in [0.2, 0.25) is 5.88 Å². The lowest BCUT2D eigenvalue weighted by Crippen LogP contribution is -2.21. The molecule has 1 heterocycles. The molecule has 1 N–H and O–H groups in total. The standard InChI is InChI=1S/C12H20N2O/c1-5-15-12-7-6-11(8-13-12)14-10(4)9(2)3/h6-10,14H,5H2,1-4H3. The monoisotopic (exact) mass is 208 g/mol. The number of hydrogen-bond donors (Lipinski definition) is 1. The third-order valence-corrected chi connectivity index (χ3v) is 2.42. The zero-order valence-corrected chi connectivity index (χ0v) is 9.95. The van der Waals surface area contributed by atoms with Crippen LogP contribution in [-0.2, 0) is 0 Å². The summed E-state index contributed by atoms with van der Waals surface area (Å²) in [6.45, 7) is 9.16. The number of nitrogens with zero attached hydrogens (tertiary/aromatic N) is 1. The fourth-order valence-corrected chi connectivity index (χ4v) is 1.13. The third kappa shape index (κ3) is 3.78. The van der Waals surface area contributed by atoms with Crippen LogP contribution in [0.15, 0.2) is 18.3 Å². The molecule has 0 bridgehead atoms. The van der Waals surface area contributed by atoms with Gasteiger partial charge < -0.3 is 10.1 Å². The molecule has 0 radical (unpaired) electrons. The van der Waals surface area contributed by atoms with E-state index in [-0.39, 0.29) is 0 Å². The smallest absolute Gasteiger partial charge is 0.213 e. The number of rotatable bonds is 5. The van der Waals surface area contributed by atoms with Crippen molar-refractivity contribution < 1.29 is 4.74 Å². The van der Waals surface area contributed by atoms with Gasteiger partial charge >= 0.3 is 0 Å². The van der Waals surface area contributed by atoms with E-state index in [2.05, 4.69) is 31.1 Å². The molecule has 0 saturated heterocycles. The van der Waals surface area contributed by atoms with Gasteiger partial charge in [-0.25, -0.2) is 4.98 Å². The van der Waals surface area contributed by atoms with Crippen LogP contribution in [0.4, 0.5) is 5.69 Å². The number of nitrogens with one attached hydrogen (secondary N) is 1. The van der Waals surface area contributed by atoms with E-state index >= 15 is 0 Å². The summed E-state index contributed by atoms with van der Waals surface area (Å²) in [5.74, 6) is 1.29. The van der Waals surface area contributed by atoms with Gasteiger partial charge in [0.1, 0.15) is 0 Å². The number of ether oxygens (including phenoxy) is 1. The van der Waals surface area contributed by atoms with Crippen LogP contribution >= 0.6 is 0 Å². The first-order valence-corrected chi connectivity index (χ1v) is 5.49. The maximum Gasteiger partial charge on any atom is 0.213 e. The summed E-state index contributed by atoms with van der Waals surface area (Å²) >= 11 is 0. The summed E-state index contributed by atoms with van der Waals surface area (Å²) in [6.07, 6.45) is 1.81. The van der Waals surface area contributed by atoms with Gasteiger partial charge in [-0.1, -0.05) is 13.8 Å². The quantitative estimate of drug-likeness (QED) is 0.807. The summed E-state index contributed by atoms with van der Waals surface area (Å²) < 4.78 is 5.27. The van der Waals surface area contributed by atoms with Gasteiger partial charge in [-0.05, 0) is 25.8 Å². The summed E-state index contributed by atoms with van der Waals surface area (Å²) in [7, 11) is 0. The normalized spacial score (nSPS) is 12.6.